The normalized spacial score (nSPS) is 14.8. The Balaban J connectivity index is 4.00. The van der Waals surface area contributed by atoms with Gasteiger partial charge in [-0.3, -0.25) is 0 Å². The zero-order valence-corrected chi connectivity index (χ0v) is 10.2. The van der Waals surface area contributed by atoms with E-state index in [0.29, 0.717) is 6.61 Å². The van der Waals surface area contributed by atoms with Crippen LogP contribution in [0, 0.1) is 5.41 Å². The molecule has 0 atom stereocenters. The predicted octanol–water partition coefficient (Wildman–Crippen LogP) is 3.79. The highest BCUT2D eigenvalue weighted by Gasteiger charge is 2.13. The van der Waals surface area contributed by atoms with Crippen LogP contribution in [0.25, 0.3) is 0 Å². The van der Waals surface area contributed by atoms with Crippen LogP contribution in [0.2, 0.25) is 0 Å². The van der Waals surface area contributed by atoms with E-state index >= 15 is 0 Å². The lowest BCUT2D eigenvalue weighted by molar-refractivity contribution is 0.0144. The molecule has 0 amide bonds. The van der Waals surface area contributed by atoms with Crippen LogP contribution in [-0.2, 0) is 4.74 Å². The molecule has 0 bridgehead atoms. The minimum atomic E-state index is -0.0331. The SMILES string of the molecule is C/C(=C\COC(C)(C)C)C(C)(C)C. The van der Waals surface area contributed by atoms with Crippen LogP contribution in [0.5, 0.6) is 0 Å². The maximum absolute atomic E-state index is 5.62. The molecule has 0 aliphatic heterocycles. The molecule has 0 spiro atoms. The van der Waals surface area contributed by atoms with Crippen LogP contribution in [0.1, 0.15) is 48.5 Å². The van der Waals surface area contributed by atoms with Crippen LogP contribution in [-0.4, -0.2) is 12.2 Å². The molecule has 0 unspecified atom stereocenters. The van der Waals surface area contributed by atoms with E-state index in [4.69, 9.17) is 4.74 Å². The van der Waals surface area contributed by atoms with Gasteiger partial charge >= 0.3 is 0 Å². The van der Waals surface area contributed by atoms with Crippen molar-refractivity contribution in [2.24, 2.45) is 5.41 Å². The third-order valence-electron chi connectivity index (χ3n) is 2.09. The van der Waals surface area contributed by atoms with Gasteiger partial charge in [-0.2, -0.15) is 0 Å². The summed E-state index contributed by atoms with van der Waals surface area (Å²) in [6.07, 6.45) is 2.17. The highest BCUT2D eigenvalue weighted by Crippen LogP contribution is 2.24. The molecule has 0 radical (unpaired) electrons. The summed E-state index contributed by atoms with van der Waals surface area (Å²) in [5.41, 5.74) is 1.62. The molecule has 0 aliphatic carbocycles. The topological polar surface area (TPSA) is 9.23 Å². The first-order chi connectivity index (χ1) is 5.63. The first-order valence-corrected chi connectivity index (χ1v) is 4.94. The number of hydrogen-bond acceptors (Lipinski definition) is 1. The van der Waals surface area contributed by atoms with Gasteiger partial charge < -0.3 is 4.74 Å². The number of hydrogen-bond donors (Lipinski definition) is 0. The monoisotopic (exact) mass is 184 g/mol. The Labute approximate surface area is 83.2 Å². The van der Waals surface area contributed by atoms with Gasteiger partial charge in [0.1, 0.15) is 0 Å². The van der Waals surface area contributed by atoms with E-state index in [1.807, 2.05) is 0 Å². The van der Waals surface area contributed by atoms with Gasteiger partial charge in [0.2, 0.25) is 0 Å². The Kier molecular flexibility index (Phi) is 4.18. The Hall–Kier alpha value is -0.300. The maximum Gasteiger partial charge on any atom is 0.0657 e. The molecule has 0 aromatic carbocycles. The quantitative estimate of drug-likeness (QED) is 0.593. The van der Waals surface area contributed by atoms with E-state index in [1.165, 1.54) is 5.57 Å². The van der Waals surface area contributed by atoms with E-state index in [-0.39, 0.29) is 11.0 Å². The van der Waals surface area contributed by atoms with Crippen molar-refractivity contribution in [3.63, 3.8) is 0 Å². The predicted molar refractivity (Wildman–Crippen MR) is 58.9 cm³/mol. The summed E-state index contributed by atoms with van der Waals surface area (Å²) in [6, 6.07) is 0. The molecular weight excluding hydrogens is 160 g/mol. The van der Waals surface area contributed by atoms with E-state index in [0.717, 1.165) is 0 Å². The van der Waals surface area contributed by atoms with E-state index in [1.54, 1.807) is 0 Å². The van der Waals surface area contributed by atoms with Gasteiger partial charge in [-0.15, -0.1) is 0 Å². The molecule has 0 aliphatic rings. The molecule has 0 heterocycles. The van der Waals surface area contributed by atoms with Gasteiger partial charge in [0, 0.05) is 0 Å². The number of allylic oxidation sites excluding steroid dienone is 1. The van der Waals surface area contributed by atoms with Crippen molar-refractivity contribution in [3.05, 3.63) is 11.6 Å². The summed E-state index contributed by atoms with van der Waals surface area (Å²) in [6.45, 7) is 15.8. The zero-order chi connectivity index (χ0) is 10.7. The van der Waals surface area contributed by atoms with Crippen molar-refractivity contribution < 1.29 is 4.74 Å². The fourth-order valence-corrected chi connectivity index (χ4v) is 0.723. The van der Waals surface area contributed by atoms with Crippen molar-refractivity contribution >= 4 is 0 Å². The zero-order valence-electron chi connectivity index (χ0n) is 10.2. The molecular formula is C12H24O. The van der Waals surface area contributed by atoms with Crippen molar-refractivity contribution in [1.29, 1.82) is 0 Å². The third kappa shape index (κ3) is 6.83. The lowest BCUT2D eigenvalue weighted by atomic mass is 9.87. The Bertz CT molecular complexity index is 176. The average Bonchev–Trinajstić information content (AvgIpc) is 1.82. The van der Waals surface area contributed by atoms with Crippen molar-refractivity contribution in [1.82, 2.24) is 0 Å². The second-order valence-electron chi connectivity index (χ2n) is 5.56. The van der Waals surface area contributed by atoms with E-state index < -0.39 is 0 Å². The highest BCUT2D eigenvalue weighted by atomic mass is 16.5. The molecule has 0 fully saturated rings. The van der Waals surface area contributed by atoms with Crippen molar-refractivity contribution in [2.75, 3.05) is 6.61 Å². The average molecular weight is 184 g/mol. The summed E-state index contributed by atoms with van der Waals surface area (Å²) in [7, 11) is 0. The van der Waals surface area contributed by atoms with E-state index in [9.17, 15) is 0 Å². The molecule has 0 saturated heterocycles. The molecule has 0 aromatic rings. The van der Waals surface area contributed by atoms with Crippen molar-refractivity contribution in [2.45, 2.75) is 54.1 Å². The molecule has 0 aromatic heterocycles. The third-order valence-corrected chi connectivity index (χ3v) is 2.09. The molecule has 13 heavy (non-hydrogen) atoms. The van der Waals surface area contributed by atoms with Gasteiger partial charge in [0.05, 0.1) is 12.2 Å². The van der Waals surface area contributed by atoms with Gasteiger partial charge in [-0.1, -0.05) is 32.4 Å². The summed E-state index contributed by atoms with van der Waals surface area (Å²) in [4.78, 5) is 0. The van der Waals surface area contributed by atoms with Gasteiger partial charge in [-0.25, -0.2) is 0 Å². The molecule has 1 heteroatoms. The molecule has 0 saturated carbocycles. The van der Waals surface area contributed by atoms with Crippen LogP contribution >= 0.6 is 0 Å². The standard InChI is InChI=1S/C12H24O/c1-10(11(2,3)4)8-9-13-12(5,6)7/h8H,9H2,1-7H3/b10-8+. The molecule has 1 nitrogen and oxygen atoms in total. The van der Waals surface area contributed by atoms with Gasteiger partial charge in [0.25, 0.3) is 0 Å². The lowest BCUT2D eigenvalue weighted by Gasteiger charge is -2.22. The molecule has 78 valence electrons. The largest absolute Gasteiger partial charge is 0.372 e. The summed E-state index contributed by atoms with van der Waals surface area (Å²) in [5, 5.41) is 0. The first kappa shape index (κ1) is 12.7. The maximum atomic E-state index is 5.62. The van der Waals surface area contributed by atoms with Gasteiger partial charge in [0.15, 0.2) is 0 Å². The van der Waals surface area contributed by atoms with Gasteiger partial charge in [-0.05, 0) is 33.1 Å². The minimum Gasteiger partial charge on any atom is -0.372 e. The fraction of sp³-hybridized carbons (Fsp3) is 0.833. The highest BCUT2D eigenvalue weighted by molar-refractivity contribution is 5.07. The second-order valence-corrected chi connectivity index (χ2v) is 5.56. The van der Waals surface area contributed by atoms with Crippen LogP contribution in [0.3, 0.4) is 0 Å². The fourth-order valence-electron chi connectivity index (χ4n) is 0.723. The Morgan fingerprint density at radius 3 is 1.85 bits per heavy atom. The van der Waals surface area contributed by atoms with E-state index in [2.05, 4.69) is 54.5 Å². The summed E-state index contributed by atoms with van der Waals surface area (Å²) in [5.74, 6) is 0. The Morgan fingerprint density at radius 1 is 1.08 bits per heavy atom. The minimum absolute atomic E-state index is 0.0331. The van der Waals surface area contributed by atoms with Crippen LogP contribution < -0.4 is 0 Å². The lowest BCUT2D eigenvalue weighted by Crippen LogP contribution is -2.19. The Morgan fingerprint density at radius 2 is 1.54 bits per heavy atom. The molecule has 0 rings (SSSR count). The smallest absolute Gasteiger partial charge is 0.0657 e. The van der Waals surface area contributed by atoms with Crippen LogP contribution in [0.15, 0.2) is 11.6 Å². The number of ether oxygens (including phenoxy) is 1. The van der Waals surface area contributed by atoms with Crippen molar-refractivity contribution in [3.8, 4) is 0 Å². The van der Waals surface area contributed by atoms with Crippen LogP contribution in [0.4, 0.5) is 0 Å². The summed E-state index contributed by atoms with van der Waals surface area (Å²) >= 11 is 0. The first-order valence-electron chi connectivity index (χ1n) is 4.94. The second kappa shape index (κ2) is 4.28. The number of rotatable bonds is 2. The molecule has 0 N–H and O–H groups in total. The summed E-state index contributed by atoms with van der Waals surface area (Å²) < 4.78 is 5.62.